The van der Waals surface area contributed by atoms with E-state index in [0.717, 1.165) is 19.5 Å². The Balaban J connectivity index is 3.09. The lowest BCUT2D eigenvalue weighted by Crippen LogP contribution is -2.26. The third kappa shape index (κ3) is 2.62. The first-order valence-corrected chi connectivity index (χ1v) is 5.41. The zero-order valence-electron chi connectivity index (χ0n) is 9.73. The SMILES string of the molecule is CCCN(CC)c1nc(C(N)=O)ccc1N. The molecule has 0 spiro atoms. The van der Waals surface area contributed by atoms with Crippen LogP contribution in [0.3, 0.4) is 0 Å². The second kappa shape index (κ2) is 5.34. The first-order chi connectivity index (χ1) is 7.60. The monoisotopic (exact) mass is 222 g/mol. The van der Waals surface area contributed by atoms with Crippen LogP contribution in [0, 0.1) is 0 Å². The van der Waals surface area contributed by atoms with E-state index in [9.17, 15) is 4.79 Å². The van der Waals surface area contributed by atoms with Gasteiger partial charge < -0.3 is 16.4 Å². The summed E-state index contributed by atoms with van der Waals surface area (Å²) in [5.41, 5.74) is 11.8. The van der Waals surface area contributed by atoms with E-state index in [1.165, 1.54) is 0 Å². The number of carbonyl (C=O) groups excluding carboxylic acids is 1. The van der Waals surface area contributed by atoms with E-state index < -0.39 is 5.91 Å². The van der Waals surface area contributed by atoms with Crippen LogP contribution in [0.2, 0.25) is 0 Å². The van der Waals surface area contributed by atoms with E-state index in [4.69, 9.17) is 11.5 Å². The van der Waals surface area contributed by atoms with Crippen LogP contribution in [0.4, 0.5) is 11.5 Å². The molecule has 5 heteroatoms. The summed E-state index contributed by atoms with van der Waals surface area (Å²) in [7, 11) is 0. The van der Waals surface area contributed by atoms with Crippen molar-refractivity contribution in [2.24, 2.45) is 5.73 Å². The van der Waals surface area contributed by atoms with Crippen LogP contribution in [0.5, 0.6) is 0 Å². The lowest BCUT2D eigenvalue weighted by Gasteiger charge is -2.22. The summed E-state index contributed by atoms with van der Waals surface area (Å²) in [5.74, 6) is 0.106. The Morgan fingerprint density at radius 2 is 2.12 bits per heavy atom. The normalized spacial score (nSPS) is 10.1. The fourth-order valence-corrected chi connectivity index (χ4v) is 1.53. The summed E-state index contributed by atoms with van der Waals surface area (Å²) in [5, 5.41) is 0. The molecule has 0 saturated heterocycles. The number of aromatic nitrogens is 1. The van der Waals surface area contributed by atoms with E-state index >= 15 is 0 Å². The van der Waals surface area contributed by atoms with Gasteiger partial charge in [0.05, 0.1) is 5.69 Å². The number of nitrogen functional groups attached to an aromatic ring is 1. The molecule has 0 fully saturated rings. The third-order valence-corrected chi connectivity index (χ3v) is 2.33. The Bertz CT molecular complexity index is 378. The number of anilines is 2. The highest BCUT2D eigenvalue weighted by Crippen LogP contribution is 2.20. The van der Waals surface area contributed by atoms with Crippen molar-refractivity contribution >= 4 is 17.4 Å². The molecule has 16 heavy (non-hydrogen) atoms. The molecule has 0 aliphatic rings. The summed E-state index contributed by atoms with van der Waals surface area (Å²) >= 11 is 0. The smallest absolute Gasteiger partial charge is 0.267 e. The molecule has 5 nitrogen and oxygen atoms in total. The van der Waals surface area contributed by atoms with Gasteiger partial charge in [0.25, 0.3) is 5.91 Å². The first kappa shape index (κ1) is 12.3. The summed E-state index contributed by atoms with van der Waals surface area (Å²) in [4.78, 5) is 17.3. The number of amides is 1. The number of rotatable bonds is 5. The molecule has 0 atom stereocenters. The van der Waals surface area contributed by atoms with Gasteiger partial charge in [-0.1, -0.05) is 6.92 Å². The van der Waals surface area contributed by atoms with Gasteiger partial charge in [-0.15, -0.1) is 0 Å². The van der Waals surface area contributed by atoms with E-state index in [1.807, 2.05) is 11.8 Å². The first-order valence-electron chi connectivity index (χ1n) is 5.41. The highest BCUT2D eigenvalue weighted by molar-refractivity contribution is 5.91. The van der Waals surface area contributed by atoms with Gasteiger partial charge in [-0.25, -0.2) is 4.98 Å². The van der Waals surface area contributed by atoms with Crippen molar-refractivity contribution in [3.05, 3.63) is 17.8 Å². The van der Waals surface area contributed by atoms with Crippen molar-refractivity contribution < 1.29 is 4.79 Å². The summed E-state index contributed by atoms with van der Waals surface area (Å²) in [6.07, 6.45) is 0.996. The largest absolute Gasteiger partial charge is 0.396 e. The van der Waals surface area contributed by atoms with Crippen molar-refractivity contribution in [3.63, 3.8) is 0 Å². The maximum absolute atomic E-state index is 11.0. The molecule has 0 unspecified atom stereocenters. The van der Waals surface area contributed by atoms with Gasteiger partial charge in [0.15, 0.2) is 5.82 Å². The fourth-order valence-electron chi connectivity index (χ4n) is 1.53. The number of hydrogen-bond acceptors (Lipinski definition) is 4. The molecule has 88 valence electrons. The Morgan fingerprint density at radius 1 is 1.44 bits per heavy atom. The summed E-state index contributed by atoms with van der Waals surface area (Å²) in [6.45, 7) is 5.76. The van der Waals surface area contributed by atoms with Gasteiger partial charge in [0, 0.05) is 13.1 Å². The molecule has 1 aromatic rings. The van der Waals surface area contributed by atoms with Crippen molar-refractivity contribution in [1.82, 2.24) is 4.98 Å². The molecule has 0 aliphatic heterocycles. The Morgan fingerprint density at radius 3 is 2.62 bits per heavy atom. The molecule has 1 rings (SSSR count). The predicted octanol–water partition coefficient (Wildman–Crippen LogP) is 0.999. The minimum atomic E-state index is -0.534. The minimum Gasteiger partial charge on any atom is -0.396 e. The van der Waals surface area contributed by atoms with Crippen molar-refractivity contribution in [2.75, 3.05) is 23.7 Å². The molecular weight excluding hydrogens is 204 g/mol. The van der Waals surface area contributed by atoms with Crippen LogP contribution in [0.1, 0.15) is 30.8 Å². The average Bonchev–Trinajstić information content (AvgIpc) is 2.26. The second-order valence-electron chi connectivity index (χ2n) is 3.55. The van der Waals surface area contributed by atoms with Crippen molar-refractivity contribution in [2.45, 2.75) is 20.3 Å². The Kier molecular flexibility index (Phi) is 4.10. The van der Waals surface area contributed by atoms with Gasteiger partial charge in [0.2, 0.25) is 0 Å². The highest BCUT2D eigenvalue weighted by Gasteiger charge is 2.12. The number of nitrogens with zero attached hydrogens (tertiary/aromatic N) is 2. The van der Waals surface area contributed by atoms with Crippen LogP contribution in [-0.4, -0.2) is 24.0 Å². The Labute approximate surface area is 95.4 Å². The number of pyridine rings is 1. The fraction of sp³-hybridized carbons (Fsp3) is 0.455. The van der Waals surface area contributed by atoms with Gasteiger partial charge in [-0.2, -0.15) is 0 Å². The summed E-state index contributed by atoms with van der Waals surface area (Å²) in [6, 6.07) is 3.21. The van der Waals surface area contributed by atoms with Gasteiger partial charge in [0.1, 0.15) is 5.69 Å². The van der Waals surface area contributed by atoms with Gasteiger partial charge >= 0.3 is 0 Å². The molecule has 1 amide bonds. The summed E-state index contributed by atoms with van der Waals surface area (Å²) < 4.78 is 0. The lowest BCUT2D eigenvalue weighted by atomic mass is 10.3. The topological polar surface area (TPSA) is 85.2 Å². The number of carbonyl (C=O) groups is 1. The van der Waals surface area contributed by atoms with Crippen LogP contribution in [0.25, 0.3) is 0 Å². The number of primary amides is 1. The minimum absolute atomic E-state index is 0.249. The molecule has 0 saturated carbocycles. The number of hydrogen-bond donors (Lipinski definition) is 2. The van der Waals surface area contributed by atoms with Crippen LogP contribution >= 0.6 is 0 Å². The molecule has 0 bridgehead atoms. The Hall–Kier alpha value is -1.78. The van der Waals surface area contributed by atoms with E-state index in [0.29, 0.717) is 11.5 Å². The van der Waals surface area contributed by atoms with E-state index in [1.54, 1.807) is 12.1 Å². The van der Waals surface area contributed by atoms with Crippen molar-refractivity contribution in [3.8, 4) is 0 Å². The zero-order chi connectivity index (χ0) is 12.1. The predicted molar refractivity (Wildman–Crippen MR) is 65.3 cm³/mol. The van der Waals surface area contributed by atoms with Gasteiger partial charge in [-0.05, 0) is 25.5 Å². The van der Waals surface area contributed by atoms with Crippen LogP contribution in [-0.2, 0) is 0 Å². The molecule has 4 N–H and O–H groups in total. The molecule has 0 aliphatic carbocycles. The lowest BCUT2D eigenvalue weighted by molar-refractivity contribution is 0.0995. The third-order valence-electron chi connectivity index (χ3n) is 2.33. The van der Waals surface area contributed by atoms with Crippen molar-refractivity contribution in [1.29, 1.82) is 0 Å². The molecule has 1 heterocycles. The highest BCUT2D eigenvalue weighted by atomic mass is 16.1. The zero-order valence-corrected chi connectivity index (χ0v) is 9.73. The van der Waals surface area contributed by atoms with Crippen LogP contribution in [0.15, 0.2) is 12.1 Å². The molecular formula is C11H18N4O. The average molecular weight is 222 g/mol. The second-order valence-corrected chi connectivity index (χ2v) is 3.55. The van der Waals surface area contributed by atoms with E-state index in [-0.39, 0.29) is 5.69 Å². The maximum Gasteiger partial charge on any atom is 0.267 e. The molecule has 0 aromatic carbocycles. The van der Waals surface area contributed by atoms with Crippen LogP contribution < -0.4 is 16.4 Å². The quantitative estimate of drug-likeness (QED) is 0.778. The number of nitrogens with two attached hydrogens (primary N) is 2. The molecule has 0 radical (unpaired) electrons. The van der Waals surface area contributed by atoms with E-state index in [2.05, 4.69) is 11.9 Å². The van der Waals surface area contributed by atoms with Gasteiger partial charge in [-0.3, -0.25) is 4.79 Å². The maximum atomic E-state index is 11.0. The standard InChI is InChI=1S/C11H18N4O/c1-3-7-15(4-2)11-8(12)5-6-9(14-11)10(13)16/h5-6H,3-4,7,12H2,1-2H3,(H2,13,16). The molecule has 1 aromatic heterocycles.